The Bertz CT molecular complexity index is 829. The van der Waals surface area contributed by atoms with E-state index in [1.165, 1.54) is 18.2 Å². The lowest BCUT2D eigenvalue weighted by molar-refractivity contribution is -0.384. The van der Waals surface area contributed by atoms with Gasteiger partial charge in [-0.3, -0.25) is 20.2 Å². The highest BCUT2D eigenvalue weighted by molar-refractivity contribution is 7.80. The molecule has 0 unspecified atom stereocenters. The molecule has 1 amide bonds. The zero-order chi connectivity index (χ0) is 16.8. The molecule has 2 rings (SSSR count). The molecule has 0 bridgehead atoms. The van der Waals surface area contributed by atoms with Gasteiger partial charge in [-0.25, -0.2) is 0 Å². The van der Waals surface area contributed by atoms with Gasteiger partial charge in [0.2, 0.25) is 0 Å². The summed E-state index contributed by atoms with van der Waals surface area (Å²) in [5.74, 6) is -0.583. The maximum atomic E-state index is 12.0. The van der Waals surface area contributed by atoms with Crippen molar-refractivity contribution in [1.29, 1.82) is 5.26 Å². The Morgan fingerprint density at radius 1 is 1.22 bits per heavy atom. The van der Waals surface area contributed by atoms with E-state index in [1.807, 2.05) is 6.07 Å². The third-order valence-electron chi connectivity index (χ3n) is 2.84. The molecule has 0 atom stereocenters. The predicted molar refractivity (Wildman–Crippen MR) is 87.9 cm³/mol. The number of anilines is 1. The monoisotopic (exact) mass is 326 g/mol. The van der Waals surface area contributed by atoms with Gasteiger partial charge in [0.25, 0.3) is 11.6 Å². The van der Waals surface area contributed by atoms with E-state index < -0.39 is 10.8 Å². The second kappa shape index (κ2) is 7.11. The highest BCUT2D eigenvalue weighted by Crippen LogP contribution is 2.14. The molecule has 7 nitrogen and oxygen atoms in total. The van der Waals surface area contributed by atoms with Crippen LogP contribution in [0.2, 0.25) is 0 Å². The lowest BCUT2D eigenvalue weighted by atomic mass is 10.2. The third kappa shape index (κ3) is 4.09. The molecule has 2 aromatic rings. The predicted octanol–water partition coefficient (Wildman–Crippen LogP) is 2.59. The minimum Gasteiger partial charge on any atom is -0.331 e. The fourth-order valence-corrected chi connectivity index (χ4v) is 1.98. The van der Waals surface area contributed by atoms with E-state index in [0.29, 0.717) is 11.3 Å². The van der Waals surface area contributed by atoms with Crippen molar-refractivity contribution >= 4 is 34.6 Å². The quantitative estimate of drug-likeness (QED) is 0.510. The number of amides is 1. The van der Waals surface area contributed by atoms with E-state index in [-0.39, 0.29) is 16.4 Å². The number of nitrogens with zero attached hydrogens (tertiary/aromatic N) is 2. The molecule has 114 valence electrons. The number of thiocarbonyl (C=S) groups is 1. The van der Waals surface area contributed by atoms with E-state index in [9.17, 15) is 14.9 Å². The largest absolute Gasteiger partial charge is 0.331 e. The van der Waals surface area contributed by atoms with Crippen LogP contribution in [0.1, 0.15) is 15.9 Å². The molecule has 0 radical (unpaired) electrons. The van der Waals surface area contributed by atoms with Gasteiger partial charge in [0.1, 0.15) is 6.07 Å². The van der Waals surface area contributed by atoms with Gasteiger partial charge in [-0.1, -0.05) is 18.2 Å². The fraction of sp³-hybridized carbons (Fsp3) is 0. The SMILES string of the molecule is N#Cc1ccccc1NC(=S)NC(=O)c1cccc([N+](=O)[O-])c1. The van der Waals surface area contributed by atoms with E-state index >= 15 is 0 Å². The van der Waals surface area contributed by atoms with E-state index in [2.05, 4.69) is 10.6 Å². The van der Waals surface area contributed by atoms with Crippen LogP contribution in [-0.2, 0) is 0 Å². The Balaban J connectivity index is 2.08. The summed E-state index contributed by atoms with van der Waals surface area (Å²) in [4.78, 5) is 22.2. The maximum Gasteiger partial charge on any atom is 0.270 e. The molecule has 2 N–H and O–H groups in total. The number of carbonyl (C=O) groups is 1. The molecular weight excluding hydrogens is 316 g/mol. The summed E-state index contributed by atoms with van der Waals surface area (Å²) in [5.41, 5.74) is 0.752. The summed E-state index contributed by atoms with van der Waals surface area (Å²) in [6, 6.07) is 14.0. The van der Waals surface area contributed by atoms with Crippen LogP contribution in [0, 0.1) is 21.4 Å². The highest BCUT2D eigenvalue weighted by atomic mass is 32.1. The van der Waals surface area contributed by atoms with Gasteiger partial charge in [0, 0.05) is 17.7 Å². The molecule has 0 aliphatic rings. The second-order valence-electron chi connectivity index (χ2n) is 4.37. The number of hydrogen-bond donors (Lipinski definition) is 2. The number of hydrogen-bond acceptors (Lipinski definition) is 5. The maximum absolute atomic E-state index is 12.0. The van der Waals surface area contributed by atoms with Gasteiger partial charge < -0.3 is 5.32 Å². The molecule has 0 aromatic heterocycles. The normalized spacial score (nSPS) is 9.52. The first-order chi connectivity index (χ1) is 11.0. The molecule has 0 heterocycles. The fourth-order valence-electron chi connectivity index (χ4n) is 1.78. The van der Waals surface area contributed by atoms with Crippen molar-refractivity contribution in [1.82, 2.24) is 5.32 Å². The first-order valence-corrected chi connectivity index (χ1v) is 6.78. The number of nitro groups is 1. The Morgan fingerprint density at radius 3 is 2.65 bits per heavy atom. The van der Waals surface area contributed by atoms with Gasteiger partial charge in [0.05, 0.1) is 16.2 Å². The van der Waals surface area contributed by atoms with Gasteiger partial charge in [-0.2, -0.15) is 5.26 Å². The smallest absolute Gasteiger partial charge is 0.270 e. The van der Waals surface area contributed by atoms with Crippen LogP contribution < -0.4 is 10.6 Å². The Morgan fingerprint density at radius 2 is 1.96 bits per heavy atom. The molecule has 8 heteroatoms. The number of carbonyl (C=O) groups excluding carboxylic acids is 1. The molecular formula is C15H10N4O3S. The Kier molecular flexibility index (Phi) is 4.96. The molecule has 0 fully saturated rings. The molecule has 0 saturated carbocycles. The minimum absolute atomic E-state index is 0.00999. The number of para-hydroxylation sites is 1. The summed E-state index contributed by atoms with van der Waals surface area (Å²) in [5, 5.41) is 24.8. The summed E-state index contributed by atoms with van der Waals surface area (Å²) >= 11 is 5.02. The van der Waals surface area contributed by atoms with Crippen LogP contribution in [0.3, 0.4) is 0 Å². The van der Waals surface area contributed by atoms with Crippen molar-refractivity contribution in [3.63, 3.8) is 0 Å². The number of rotatable bonds is 3. The van der Waals surface area contributed by atoms with Crippen molar-refractivity contribution in [3.05, 3.63) is 69.8 Å². The Hall–Kier alpha value is -3.31. The molecule has 0 saturated heterocycles. The number of nitro benzene ring substituents is 1. The average molecular weight is 326 g/mol. The summed E-state index contributed by atoms with van der Waals surface area (Å²) < 4.78 is 0. The third-order valence-corrected chi connectivity index (χ3v) is 3.05. The summed E-state index contributed by atoms with van der Waals surface area (Å²) in [6.45, 7) is 0. The zero-order valence-electron chi connectivity index (χ0n) is 11.6. The minimum atomic E-state index is -0.587. The number of nitriles is 1. The second-order valence-corrected chi connectivity index (χ2v) is 4.78. The van der Waals surface area contributed by atoms with Crippen LogP contribution in [0.4, 0.5) is 11.4 Å². The number of non-ortho nitro benzene ring substituents is 1. The van der Waals surface area contributed by atoms with Crippen molar-refractivity contribution in [2.75, 3.05) is 5.32 Å². The lowest BCUT2D eigenvalue weighted by Crippen LogP contribution is -2.34. The Labute approximate surface area is 136 Å². The van der Waals surface area contributed by atoms with Crippen LogP contribution in [0.15, 0.2) is 48.5 Å². The average Bonchev–Trinajstić information content (AvgIpc) is 2.55. The van der Waals surface area contributed by atoms with Crippen LogP contribution in [-0.4, -0.2) is 15.9 Å². The molecule has 2 aromatic carbocycles. The van der Waals surface area contributed by atoms with E-state index in [4.69, 9.17) is 17.5 Å². The van der Waals surface area contributed by atoms with E-state index in [0.717, 1.165) is 6.07 Å². The standard InChI is InChI=1S/C15H10N4O3S/c16-9-11-4-1-2-7-13(11)17-15(23)18-14(20)10-5-3-6-12(8-10)19(21)22/h1-8H,(H2,17,18,20,23). The lowest BCUT2D eigenvalue weighted by Gasteiger charge is -2.10. The van der Waals surface area contributed by atoms with Crippen molar-refractivity contribution < 1.29 is 9.72 Å². The summed E-state index contributed by atoms with van der Waals surface area (Å²) in [7, 11) is 0. The first-order valence-electron chi connectivity index (χ1n) is 6.37. The van der Waals surface area contributed by atoms with Gasteiger partial charge in [-0.15, -0.1) is 0 Å². The topological polar surface area (TPSA) is 108 Å². The molecule has 23 heavy (non-hydrogen) atoms. The van der Waals surface area contributed by atoms with Crippen molar-refractivity contribution in [2.24, 2.45) is 0 Å². The van der Waals surface area contributed by atoms with Crippen LogP contribution in [0.25, 0.3) is 0 Å². The summed E-state index contributed by atoms with van der Waals surface area (Å²) in [6.07, 6.45) is 0. The van der Waals surface area contributed by atoms with Gasteiger partial charge in [0.15, 0.2) is 5.11 Å². The first kappa shape index (κ1) is 16.1. The highest BCUT2D eigenvalue weighted by Gasteiger charge is 2.13. The van der Waals surface area contributed by atoms with Gasteiger partial charge >= 0.3 is 0 Å². The van der Waals surface area contributed by atoms with Crippen molar-refractivity contribution in [2.45, 2.75) is 0 Å². The molecule has 0 aliphatic carbocycles. The van der Waals surface area contributed by atoms with Gasteiger partial charge in [-0.05, 0) is 30.4 Å². The van der Waals surface area contributed by atoms with Crippen molar-refractivity contribution in [3.8, 4) is 6.07 Å². The van der Waals surface area contributed by atoms with Crippen LogP contribution >= 0.6 is 12.2 Å². The van der Waals surface area contributed by atoms with E-state index in [1.54, 1.807) is 24.3 Å². The number of benzene rings is 2. The van der Waals surface area contributed by atoms with Crippen LogP contribution in [0.5, 0.6) is 0 Å². The molecule has 0 spiro atoms. The zero-order valence-corrected chi connectivity index (χ0v) is 12.5. The number of nitrogens with one attached hydrogen (secondary N) is 2. The molecule has 0 aliphatic heterocycles.